The van der Waals surface area contributed by atoms with Crippen LogP contribution in [0, 0.1) is 0 Å². The predicted molar refractivity (Wildman–Crippen MR) is 137 cm³/mol. The monoisotopic (exact) mass is 526 g/mol. The zero-order valence-electron chi connectivity index (χ0n) is 19.4. The largest absolute Gasteiger partial charge is 0.469 e. The molecule has 0 spiro atoms. The summed E-state index contributed by atoms with van der Waals surface area (Å²) in [6.45, 7) is 0. The number of carbonyl (C=O) groups excluding carboxylic acids is 1. The van der Waals surface area contributed by atoms with Crippen LogP contribution in [0.3, 0.4) is 0 Å². The second-order valence-electron chi connectivity index (χ2n) is 8.20. The number of esters is 1. The van der Waals surface area contributed by atoms with Gasteiger partial charge >= 0.3 is 5.97 Å². The lowest BCUT2D eigenvalue weighted by Crippen LogP contribution is -2.39. The molecule has 2 atom stereocenters. The minimum atomic E-state index is -0.492. The summed E-state index contributed by atoms with van der Waals surface area (Å²) >= 11 is 12.2. The first-order chi connectivity index (χ1) is 17.4. The van der Waals surface area contributed by atoms with Crippen molar-refractivity contribution in [3.63, 3.8) is 0 Å². The molecular weight excluding hydrogens is 503 g/mol. The van der Waals surface area contributed by atoms with E-state index in [1.807, 2.05) is 30.3 Å². The lowest BCUT2D eigenvalue weighted by molar-refractivity contribution is -0.140. The smallest absolute Gasteiger partial charge is 0.305 e. The highest BCUT2D eigenvalue weighted by Crippen LogP contribution is 2.28. The Morgan fingerprint density at radius 2 is 1.92 bits per heavy atom. The second-order valence-corrected chi connectivity index (χ2v) is 9.03. The minimum Gasteiger partial charge on any atom is -0.469 e. The summed E-state index contributed by atoms with van der Waals surface area (Å²) in [7, 11) is 1.33. The van der Waals surface area contributed by atoms with Gasteiger partial charge in [0.15, 0.2) is 5.15 Å². The normalized spacial score (nSPS) is 12.8. The molecule has 0 aliphatic carbocycles. The average molecular weight is 527 g/mol. The lowest BCUT2D eigenvalue weighted by atomic mass is 9.96. The molecular formula is C25H24Cl2N6O3. The quantitative estimate of drug-likeness (QED) is 0.329. The topological polar surface area (TPSA) is 118 Å². The molecule has 0 radical (unpaired) electrons. The number of hydrogen-bond donors (Lipinski definition) is 1. The molecule has 0 saturated heterocycles. The maximum absolute atomic E-state index is 13.4. The molecule has 36 heavy (non-hydrogen) atoms. The third-order valence-corrected chi connectivity index (χ3v) is 6.24. The Morgan fingerprint density at radius 3 is 2.58 bits per heavy atom. The van der Waals surface area contributed by atoms with Crippen molar-refractivity contribution in [3.05, 3.63) is 93.2 Å². The molecule has 0 fully saturated rings. The van der Waals surface area contributed by atoms with E-state index in [-0.39, 0.29) is 23.1 Å². The van der Waals surface area contributed by atoms with Crippen molar-refractivity contribution >= 4 is 29.2 Å². The number of aromatic nitrogens is 5. The van der Waals surface area contributed by atoms with Gasteiger partial charge in [0.1, 0.15) is 0 Å². The van der Waals surface area contributed by atoms with Crippen molar-refractivity contribution in [2.75, 3.05) is 7.11 Å². The number of halogens is 2. The molecule has 4 aromatic rings. The molecule has 11 heteroatoms. The molecule has 2 heterocycles. The number of nitrogens with zero attached hydrogens (tertiary/aromatic N) is 5. The molecule has 0 unspecified atom stereocenters. The van der Waals surface area contributed by atoms with Crippen LogP contribution in [0.2, 0.25) is 10.2 Å². The molecule has 0 aliphatic rings. The van der Waals surface area contributed by atoms with Gasteiger partial charge in [-0.2, -0.15) is 0 Å². The summed E-state index contributed by atoms with van der Waals surface area (Å²) in [5.41, 5.74) is 8.81. The number of ether oxygens (including phenoxy) is 1. The van der Waals surface area contributed by atoms with Gasteiger partial charge in [0, 0.05) is 29.1 Å². The van der Waals surface area contributed by atoms with Crippen LogP contribution in [0.25, 0.3) is 16.9 Å². The van der Waals surface area contributed by atoms with Crippen molar-refractivity contribution in [1.82, 2.24) is 24.5 Å². The molecule has 186 valence electrons. The highest BCUT2D eigenvalue weighted by Gasteiger charge is 2.23. The SMILES string of the molecule is COC(=O)CC[C@H](N)[C@H](Cc1ccccc1)n1cnc(-c2cc(Cl)ccc2-n2cc(Cl)nn2)cc1=O. The van der Waals surface area contributed by atoms with Crippen molar-refractivity contribution in [2.24, 2.45) is 5.73 Å². The zero-order valence-corrected chi connectivity index (χ0v) is 20.9. The molecule has 2 aromatic carbocycles. The van der Waals surface area contributed by atoms with Gasteiger partial charge in [0.25, 0.3) is 5.56 Å². The Kier molecular flexibility index (Phi) is 8.14. The number of carbonyl (C=O) groups is 1. The van der Waals surface area contributed by atoms with E-state index in [9.17, 15) is 9.59 Å². The first-order valence-corrected chi connectivity index (χ1v) is 11.9. The van der Waals surface area contributed by atoms with Gasteiger partial charge in [-0.3, -0.25) is 14.2 Å². The minimum absolute atomic E-state index is 0.148. The van der Waals surface area contributed by atoms with E-state index in [0.717, 1.165) is 5.56 Å². The molecule has 4 rings (SSSR count). The third kappa shape index (κ3) is 5.99. The van der Waals surface area contributed by atoms with Crippen LogP contribution in [0.4, 0.5) is 0 Å². The van der Waals surface area contributed by atoms with Gasteiger partial charge < -0.3 is 10.5 Å². The molecule has 2 N–H and O–H groups in total. The van der Waals surface area contributed by atoms with Gasteiger partial charge in [-0.1, -0.05) is 58.7 Å². The third-order valence-electron chi connectivity index (χ3n) is 5.83. The summed E-state index contributed by atoms with van der Waals surface area (Å²) in [6, 6.07) is 15.4. The fourth-order valence-electron chi connectivity index (χ4n) is 3.97. The average Bonchev–Trinajstić information content (AvgIpc) is 3.32. The van der Waals surface area contributed by atoms with Crippen molar-refractivity contribution in [1.29, 1.82) is 0 Å². The predicted octanol–water partition coefficient (Wildman–Crippen LogP) is 3.86. The molecule has 9 nitrogen and oxygen atoms in total. The van der Waals surface area contributed by atoms with Crippen LogP contribution in [0.5, 0.6) is 0 Å². The number of benzene rings is 2. The second kappa shape index (κ2) is 11.5. The van der Waals surface area contributed by atoms with E-state index in [1.165, 1.54) is 28.8 Å². The molecule has 0 aliphatic heterocycles. The van der Waals surface area contributed by atoms with Gasteiger partial charge in [-0.05, 0) is 36.6 Å². The number of hydrogen-bond acceptors (Lipinski definition) is 7. The molecule has 2 aromatic heterocycles. The number of methoxy groups -OCH3 is 1. The summed E-state index contributed by atoms with van der Waals surface area (Å²) in [5.74, 6) is -0.355. The van der Waals surface area contributed by atoms with E-state index in [1.54, 1.807) is 24.4 Å². The van der Waals surface area contributed by atoms with Crippen LogP contribution >= 0.6 is 23.2 Å². The Balaban J connectivity index is 1.71. The number of rotatable bonds is 9. The standard InChI is InChI=1S/C25H24Cl2N6O3/c1-36-25(35)10-8-19(28)22(11-16-5-3-2-4-6-16)32-15-29-20(13-24(32)34)18-12-17(26)7-9-21(18)33-14-23(27)30-31-33/h2-7,9,12-15,19,22H,8,10-11,28H2,1H3/t19-,22-/m0/s1. The molecule has 0 saturated carbocycles. The van der Waals surface area contributed by atoms with E-state index >= 15 is 0 Å². The fourth-order valence-corrected chi connectivity index (χ4v) is 4.27. The van der Waals surface area contributed by atoms with Crippen molar-refractivity contribution in [2.45, 2.75) is 31.3 Å². The zero-order chi connectivity index (χ0) is 25.7. The van der Waals surface area contributed by atoms with Gasteiger partial charge in [-0.25, -0.2) is 9.67 Å². The van der Waals surface area contributed by atoms with E-state index in [2.05, 4.69) is 15.3 Å². The van der Waals surface area contributed by atoms with Crippen molar-refractivity contribution < 1.29 is 9.53 Å². The van der Waals surface area contributed by atoms with Crippen LogP contribution < -0.4 is 11.3 Å². The molecule has 0 bridgehead atoms. The molecule has 0 amide bonds. The van der Waals surface area contributed by atoms with E-state index in [4.69, 9.17) is 33.7 Å². The Hall–Kier alpha value is -3.53. The van der Waals surface area contributed by atoms with Crippen LogP contribution in [0.1, 0.15) is 24.4 Å². The van der Waals surface area contributed by atoms with Crippen LogP contribution in [-0.4, -0.2) is 43.7 Å². The summed E-state index contributed by atoms with van der Waals surface area (Å²) in [4.78, 5) is 29.6. The summed E-state index contributed by atoms with van der Waals surface area (Å²) < 4.78 is 7.74. The van der Waals surface area contributed by atoms with E-state index in [0.29, 0.717) is 34.8 Å². The highest BCUT2D eigenvalue weighted by atomic mass is 35.5. The highest BCUT2D eigenvalue weighted by molar-refractivity contribution is 6.31. The van der Waals surface area contributed by atoms with Crippen LogP contribution in [0.15, 0.2) is 71.9 Å². The summed E-state index contributed by atoms with van der Waals surface area (Å²) in [5, 5.41) is 8.52. The first kappa shape index (κ1) is 25.6. The maximum atomic E-state index is 13.4. The lowest BCUT2D eigenvalue weighted by Gasteiger charge is -2.26. The first-order valence-electron chi connectivity index (χ1n) is 11.2. The van der Waals surface area contributed by atoms with Gasteiger partial charge in [0.2, 0.25) is 0 Å². The fraction of sp³-hybridized carbons (Fsp3) is 0.240. The van der Waals surface area contributed by atoms with Crippen molar-refractivity contribution in [3.8, 4) is 16.9 Å². The Labute approximate surface area is 217 Å². The van der Waals surface area contributed by atoms with E-state index < -0.39 is 12.1 Å². The number of nitrogens with two attached hydrogens (primary N) is 1. The van der Waals surface area contributed by atoms with Gasteiger partial charge in [0.05, 0.1) is 37.1 Å². The summed E-state index contributed by atoms with van der Waals surface area (Å²) in [6.07, 6.45) is 4.01. The Morgan fingerprint density at radius 1 is 1.14 bits per heavy atom. The van der Waals surface area contributed by atoms with Crippen LogP contribution in [-0.2, 0) is 16.0 Å². The van der Waals surface area contributed by atoms with Gasteiger partial charge in [-0.15, -0.1) is 5.10 Å². The maximum Gasteiger partial charge on any atom is 0.305 e. The Bertz CT molecular complexity index is 1410.